The van der Waals surface area contributed by atoms with Gasteiger partial charge in [0.05, 0.1) is 17.9 Å². The summed E-state index contributed by atoms with van der Waals surface area (Å²) in [5.74, 6) is 0.665. The number of rotatable bonds is 4. The Kier molecular flexibility index (Phi) is 5.55. The molecule has 0 unspecified atom stereocenters. The van der Waals surface area contributed by atoms with Crippen LogP contribution in [0.4, 0.5) is 4.79 Å². The van der Waals surface area contributed by atoms with Crippen LogP contribution in [0, 0.1) is 0 Å². The van der Waals surface area contributed by atoms with Crippen LogP contribution >= 0.6 is 0 Å². The molecule has 0 bridgehead atoms. The Morgan fingerprint density at radius 1 is 1.27 bits per heavy atom. The molecule has 1 aliphatic rings. The average molecular weight is 360 g/mol. The summed E-state index contributed by atoms with van der Waals surface area (Å²) in [4.78, 5) is 32.7. The number of nitrogens with one attached hydrogen (secondary N) is 1. The fourth-order valence-electron chi connectivity index (χ4n) is 3.09. The van der Waals surface area contributed by atoms with Gasteiger partial charge in [-0.3, -0.25) is 4.79 Å². The van der Waals surface area contributed by atoms with Gasteiger partial charge in [-0.2, -0.15) is 5.10 Å². The zero-order chi connectivity index (χ0) is 18.5. The minimum Gasteiger partial charge on any atom is -0.472 e. The van der Waals surface area contributed by atoms with Gasteiger partial charge in [-0.15, -0.1) is 0 Å². The number of aromatic nitrogens is 3. The maximum absolute atomic E-state index is 12.6. The number of furan rings is 1. The molecule has 3 amide bonds. The largest absolute Gasteiger partial charge is 0.472 e. The number of hydrogen-bond donors (Lipinski definition) is 1. The Hall–Kier alpha value is -2.84. The monoisotopic (exact) mass is 360 g/mol. The molecule has 1 fully saturated rings. The van der Waals surface area contributed by atoms with Crippen LogP contribution in [0.3, 0.4) is 0 Å². The first-order valence-corrected chi connectivity index (χ1v) is 8.84. The summed E-state index contributed by atoms with van der Waals surface area (Å²) in [6.45, 7) is 6.78. The molecule has 140 valence electrons. The van der Waals surface area contributed by atoms with E-state index < -0.39 is 0 Å². The van der Waals surface area contributed by atoms with Crippen LogP contribution in [0.2, 0.25) is 0 Å². The van der Waals surface area contributed by atoms with Gasteiger partial charge in [0.1, 0.15) is 18.4 Å². The highest BCUT2D eigenvalue weighted by Crippen LogP contribution is 2.12. The molecule has 1 aliphatic heterocycles. The first kappa shape index (κ1) is 18.0. The molecule has 0 aliphatic carbocycles. The predicted octanol–water partition coefficient (Wildman–Crippen LogP) is 1.51. The van der Waals surface area contributed by atoms with Gasteiger partial charge < -0.3 is 19.5 Å². The second-order valence-electron chi connectivity index (χ2n) is 6.25. The first-order valence-electron chi connectivity index (χ1n) is 8.84. The molecule has 0 spiro atoms. The van der Waals surface area contributed by atoms with Gasteiger partial charge in [0.15, 0.2) is 0 Å². The number of amides is 3. The Balaban J connectivity index is 1.56. The highest BCUT2D eigenvalue weighted by atomic mass is 16.3. The van der Waals surface area contributed by atoms with Crippen LogP contribution in [-0.4, -0.2) is 62.7 Å². The number of carbonyl (C=O) groups is 2. The van der Waals surface area contributed by atoms with E-state index in [4.69, 9.17) is 4.42 Å². The molecule has 3 rings (SSSR count). The van der Waals surface area contributed by atoms with Gasteiger partial charge in [-0.25, -0.2) is 14.5 Å². The normalized spacial score (nSPS) is 16.2. The lowest BCUT2D eigenvalue weighted by Crippen LogP contribution is -2.43. The summed E-state index contributed by atoms with van der Waals surface area (Å²) in [5, 5.41) is 7.10. The van der Waals surface area contributed by atoms with E-state index in [2.05, 4.69) is 15.4 Å². The molecule has 26 heavy (non-hydrogen) atoms. The number of hydrogen-bond acceptors (Lipinski definition) is 5. The molecular formula is C17H24N6O3. The molecule has 1 saturated heterocycles. The predicted molar refractivity (Wildman–Crippen MR) is 93.4 cm³/mol. The lowest BCUT2D eigenvalue weighted by molar-refractivity contribution is 0.0761. The fourth-order valence-corrected chi connectivity index (χ4v) is 3.09. The summed E-state index contributed by atoms with van der Waals surface area (Å²) in [6, 6.07) is 1.26. The maximum atomic E-state index is 12.6. The Morgan fingerprint density at radius 2 is 2.04 bits per heavy atom. The van der Waals surface area contributed by atoms with Crippen molar-refractivity contribution in [2.75, 3.05) is 26.2 Å². The smallest absolute Gasteiger partial charge is 0.318 e. The van der Waals surface area contributed by atoms with Crippen LogP contribution in [0.15, 0.2) is 29.3 Å². The Labute approximate surface area is 152 Å². The van der Waals surface area contributed by atoms with Crippen molar-refractivity contribution in [1.29, 1.82) is 0 Å². The van der Waals surface area contributed by atoms with E-state index in [1.54, 1.807) is 20.5 Å². The van der Waals surface area contributed by atoms with E-state index in [1.807, 2.05) is 13.8 Å². The molecular weight excluding hydrogens is 336 g/mol. The van der Waals surface area contributed by atoms with Crippen molar-refractivity contribution in [2.24, 2.45) is 0 Å². The third-order valence-electron chi connectivity index (χ3n) is 4.51. The SMILES string of the molecule is CCn1ncnc1[C@@H](C)NC(=O)N1CCCN(C(=O)c2ccoc2)CC1. The highest BCUT2D eigenvalue weighted by Gasteiger charge is 2.25. The summed E-state index contributed by atoms with van der Waals surface area (Å²) in [6.07, 6.45) is 5.16. The zero-order valence-electron chi connectivity index (χ0n) is 15.1. The molecule has 0 aromatic carbocycles. The van der Waals surface area contributed by atoms with Crippen LogP contribution in [0.25, 0.3) is 0 Å². The molecule has 9 heteroatoms. The Morgan fingerprint density at radius 3 is 2.77 bits per heavy atom. The molecule has 2 aromatic heterocycles. The van der Waals surface area contributed by atoms with Crippen molar-refractivity contribution in [3.05, 3.63) is 36.3 Å². The van der Waals surface area contributed by atoms with Gasteiger partial charge >= 0.3 is 6.03 Å². The third-order valence-corrected chi connectivity index (χ3v) is 4.51. The van der Waals surface area contributed by atoms with E-state index in [0.29, 0.717) is 38.3 Å². The minimum atomic E-state index is -0.239. The standard InChI is InChI=1S/C17H24N6O3/c1-3-23-15(18-12-19-23)13(2)20-17(25)22-7-4-6-21(8-9-22)16(24)14-5-10-26-11-14/h5,10-13H,3-4,6-9H2,1-2H3,(H,20,25)/t13-/m1/s1. The first-order chi connectivity index (χ1) is 12.6. The van der Waals surface area contributed by atoms with Crippen molar-refractivity contribution in [3.8, 4) is 0 Å². The molecule has 0 saturated carbocycles. The molecule has 9 nitrogen and oxygen atoms in total. The third kappa shape index (κ3) is 3.87. The van der Waals surface area contributed by atoms with Gasteiger partial charge in [-0.1, -0.05) is 0 Å². The molecule has 3 heterocycles. The average Bonchev–Trinajstić information content (AvgIpc) is 3.28. The molecule has 1 atom stereocenters. The number of urea groups is 1. The van der Waals surface area contributed by atoms with Crippen molar-refractivity contribution in [2.45, 2.75) is 32.9 Å². The topological polar surface area (TPSA) is 96.5 Å². The minimum absolute atomic E-state index is 0.0644. The fraction of sp³-hybridized carbons (Fsp3) is 0.529. The van der Waals surface area contributed by atoms with Gasteiger partial charge in [0.2, 0.25) is 0 Å². The highest BCUT2D eigenvalue weighted by molar-refractivity contribution is 5.93. The number of aryl methyl sites for hydroxylation is 1. The van der Waals surface area contributed by atoms with E-state index in [-0.39, 0.29) is 18.0 Å². The second kappa shape index (κ2) is 8.03. The van der Waals surface area contributed by atoms with Crippen LogP contribution in [0.5, 0.6) is 0 Å². The molecule has 1 N–H and O–H groups in total. The van der Waals surface area contributed by atoms with E-state index >= 15 is 0 Å². The van der Waals surface area contributed by atoms with Crippen molar-refractivity contribution in [3.63, 3.8) is 0 Å². The van der Waals surface area contributed by atoms with Crippen molar-refractivity contribution < 1.29 is 14.0 Å². The number of carbonyl (C=O) groups excluding carboxylic acids is 2. The van der Waals surface area contributed by atoms with Crippen LogP contribution in [0.1, 0.15) is 42.5 Å². The summed E-state index contributed by atoms with van der Waals surface area (Å²) < 4.78 is 6.74. The second-order valence-corrected chi connectivity index (χ2v) is 6.25. The van der Waals surface area contributed by atoms with Gasteiger partial charge in [0, 0.05) is 32.7 Å². The van der Waals surface area contributed by atoms with Gasteiger partial charge in [-0.05, 0) is 26.3 Å². The maximum Gasteiger partial charge on any atom is 0.318 e. The van der Waals surface area contributed by atoms with E-state index in [9.17, 15) is 9.59 Å². The summed E-state index contributed by atoms with van der Waals surface area (Å²) in [5.41, 5.74) is 0.537. The molecule has 0 radical (unpaired) electrons. The summed E-state index contributed by atoms with van der Waals surface area (Å²) in [7, 11) is 0. The van der Waals surface area contributed by atoms with Crippen LogP contribution < -0.4 is 5.32 Å². The van der Waals surface area contributed by atoms with Gasteiger partial charge in [0.25, 0.3) is 5.91 Å². The van der Waals surface area contributed by atoms with E-state index in [1.165, 1.54) is 18.9 Å². The van der Waals surface area contributed by atoms with Crippen molar-refractivity contribution in [1.82, 2.24) is 29.9 Å². The number of nitrogens with zero attached hydrogens (tertiary/aromatic N) is 5. The van der Waals surface area contributed by atoms with Crippen LogP contribution in [-0.2, 0) is 6.54 Å². The lowest BCUT2D eigenvalue weighted by atomic mass is 10.3. The zero-order valence-corrected chi connectivity index (χ0v) is 15.1. The van der Waals surface area contributed by atoms with E-state index in [0.717, 1.165) is 12.2 Å². The summed E-state index contributed by atoms with van der Waals surface area (Å²) >= 11 is 0. The molecule has 2 aromatic rings. The Bertz CT molecular complexity index is 742. The lowest BCUT2D eigenvalue weighted by Gasteiger charge is -2.24. The quantitative estimate of drug-likeness (QED) is 0.891. The van der Waals surface area contributed by atoms with Crippen molar-refractivity contribution >= 4 is 11.9 Å².